The van der Waals surface area contributed by atoms with Gasteiger partial charge in [0.2, 0.25) is 0 Å². The first kappa shape index (κ1) is 14.1. The lowest BCUT2D eigenvalue weighted by Crippen LogP contribution is -2.35. The van der Waals surface area contributed by atoms with Gasteiger partial charge in [-0.25, -0.2) is 8.78 Å². The Labute approximate surface area is 116 Å². The minimum absolute atomic E-state index is 0.0519. The van der Waals surface area contributed by atoms with E-state index < -0.39 is 22.4 Å². The van der Waals surface area contributed by atoms with Crippen molar-refractivity contribution in [2.45, 2.75) is 25.4 Å². The molecule has 0 radical (unpaired) electrons. The third kappa shape index (κ3) is 3.36. The third-order valence-corrected chi connectivity index (χ3v) is 5.09. The zero-order valence-corrected chi connectivity index (χ0v) is 12.1. The molecule has 100 valence electrons. The van der Waals surface area contributed by atoms with E-state index in [1.165, 1.54) is 12.1 Å². The van der Waals surface area contributed by atoms with Crippen molar-refractivity contribution in [1.82, 2.24) is 5.32 Å². The van der Waals surface area contributed by atoms with E-state index in [0.717, 1.165) is 12.8 Å². The molecule has 2 rings (SSSR count). The molecule has 0 bridgehead atoms. The highest BCUT2D eigenvalue weighted by Gasteiger charge is 2.19. The number of rotatable bonds is 3. The lowest BCUT2D eigenvalue weighted by molar-refractivity contribution is 0.454. The number of hydrogen-bond acceptors (Lipinski definition) is 2. The molecule has 0 aliphatic carbocycles. The van der Waals surface area contributed by atoms with Crippen molar-refractivity contribution in [3.05, 3.63) is 33.8 Å². The summed E-state index contributed by atoms with van der Waals surface area (Å²) in [4.78, 5) is 0. The van der Waals surface area contributed by atoms with Gasteiger partial charge in [0.1, 0.15) is 11.6 Å². The van der Waals surface area contributed by atoms with Crippen molar-refractivity contribution in [1.29, 1.82) is 0 Å². The maximum Gasteiger partial charge on any atom is 0.144 e. The molecule has 1 aromatic carbocycles. The predicted octanol–water partition coefficient (Wildman–Crippen LogP) is 2.73. The Bertz CT molecular complexity index is 460. The molecule has 0 saturated carbocycles. The van der Waals surface area contributed by atoms with Crippen LogP contribution < -0.4 is 5.32 Å². The number of halogens is 3. The normalized spacial score (nSPS) is 24.2. The Morgan fingerprint density at radius 2 is 2.00 bits per heavy atom. The van der Waals surface area contributed by atoms with Crippen LogP contribution >= 0.6 is 15.9 Å². The number of benzene rings is 1. The standard InChI is InChI=1S/C12H14BrF2NOS/c13-10-1-2-11(14)9(12(10)15)7-16-8-3-5-18(17)6-4-8/h1-2,8,16H,3-7H2. The Hall–Kier alpha value is -0.330. The zero-order chi connectivity index (χ0) is 13.1. The van der Waals surface area contributed by atoms with E-state index in [4.69, 9.17) is 0 Å². The second kappa shape index (κ2) is 6.21. The van der Waals surface area contributed by atoms with Crippen molar-refractivity contribution in [3.63, 3.8) is 0 Å². The van der Waals surface area contributed by atoms with Crippen LogP contribution in [0.25, 0.3) is 0 Å². The minimum Gasteiger partial charge on any atom is -0.310 e. The molecule has 0 amide bonds. The van der Waals surface area contributed by atoms with E-state index in [1.54, 1.807) is 0 Å². The Morgan fingerprint density at radius 1 is 1.33 bits per heavy atom. The molecule has 1 saturated heterocycles. The van der Waals surface area contributed by atoms with Crippen LogP contribution in [-0.2, 0) is 17.3 Å². The summed E-state index contributed by atoms with van der Waals surface area (Å²) in [7, 11) is -0.717. The fourth-order valence-electron chi connectivity index (χ4n) is 1.98. The first-order chi connectivity index (χ1) is 8.58. The summed E-state index contributed by atoms with van der Waals surface area (Å²) in [6.45, 7) is 0.161. The highest BCUT2D eigenvalue weighted by atomic mass is 79.9. The van der Waals surface area contributed by atoms with Crippen molar-refractivity contribution in [2.75, 3.05) is 11.5 Å². The van der Waals surface area contributed by atoms with Crippen molar-refractivity contribution in [2.24, 2.45) is 0 Å². The van der Waals surface area contributed by atoms with Crippen LogP contribution in [0.3, 0.4) is 0 Å². The van der Waals surface area contributed by atoms with E-state index in [-0.39, 0.29) is 22.6 Å². The molecule has 1 heterocycles. The van der Waals surface area contributed by atoms with Gasteiger partial charge in [-0.05, 0) is 40.9 Å². The molecule has 1 N–H and O–H groups in total. The maximum atomic E-state index is 13.7. The van der Waals surface area contributed by atoms with Crippen LogP contribution in [0.4, 0.5) is 8.78 Å². The molecule has 6 heteroatoms. The highest BCUT2D eigenvalue weighted by Crippen LogP contribution is 2.22. The quantitative estimate of drug-likeness (QED) is 0.859. The van der Waals surface area contributed by atoms with E-state index in [9.17, 15) is 13.0 Å². The van der Waals surface area contributed by atoms with Crippen LogP contribution in [0.15, 0.2) is 16.6 Å². The van der Waals surface area contributed by atoms with E-state index in [2.05, 4.69) is 21.2 Å². The fourth-order valence-corrected chi connectivity index (χ4v) is 3.65. The fraction of sp³-hybridized carbons (Fsp3) is 0.500. The van der Waals surface area contributed by atoms with Crippen molar-refractivity contribution >= 4 is 26.7 Å². The van der Waals surface area contributed by atoms with Gasteiger partial charge < -0.3 is 5.32 Å². The van der Waals surface area contributed by atoms with Gasteiger partial charge in [0.05, 0.1) is 4.47 Å². The lowest BCUT2D eigenvalue weighted by Gasteiger charge is -2.22. The molecule has 1 aliphatic heterocycles. The molecule has 2 nitrogen and oxygen atoms in total. The van der Waals surface area contributed by atoms with Gasteiger partial charge in [-0.1, -0.05) is 0 Å². The molecule has 1 aliphatic rings. The summed E-state index contributed by atoms with van der Waals surface area (Å²) in [6, 6.07) is 2.80. The monoisotopic (exact) mass is 337 g/mol. The lowest BCUT2D eigenvalue weighted by atomic mass is 10.1. The van der Waals surface area contributed by atoms with Crippen molar-refractivity contribution in [3.8, 4) is 0 Å². The SMILES string of the molecule is O=S1CCC(NCc2c(F)ccc(Br)c2F)CC1. The van der Waals surface area contributed by atoms with E-state index in [1.807, 2.05) is 0 Å². The summed E-state index contributed by atoms with van der Waals surface area (Å²) in [5, 5.41) is 3.13. The molecule has 1 aromatic rings. The van der Waals surface area contributed by atoms with Gasteiger partial charge >= 0.3 is 0 Å². The molecular weight excluding hydrogens is 324 g/mol. The summed E-state index contributed by atoms with van der Waals surface area (Å²) in [5.74, 6) is 0.242. The van der Waals surface area contributed by atoms with E-state index in [0.29, 0.717) is 11.5 Å². The van der Waals surface area contributed by atoms with Gasteiger partial charge in [0.15, 0.2) is 0 Å². The topological polar surface area (TPSA) is 29.1 Å². The van der Waals surface area contributed by atoms with Gasteiger partial charge in [-0.15, -0.1) is 0 Å². The van der Waals surface area contributed by atoms with Crippen molar-refractivity contribution < 1.29 is 13.0 Å². The van der Waals surface area contributed by atoms with E-state index >= 15 is 0 Å². The second-order valence-corrected chi connectivity index (χ2v) is 6.88. The molecule has 18 heavy (non-hydrogen) atoms. The summed E-state index contributed by atoms with van der Waals surface area (Å²) in [6.07, 6.45) is 1.59. The van der Waals surface area contributed by atoms with Gasteiger partial charge in [0, 0.05) is 40.5 Å². The van der Waals surface area contributed by atoms with Gasteiger partial charge in [-0.3, -0.25) is 4.21 Å². The van der Waals surface area contributed by atoms with Crippen LogP contribution in [0.5, 0.6) is 0 Å². The number of hydrogen-bond donors (Lipinski definition) is 1. The third-order valence-electron chi connectivity index (χ3n) is 3.09. The Balaban J connectivity index is 1.98. The smallest absolute Gasteiger partial charge is 0.144 e. The van der Waals surface area contributed by atoms with Crippen LogP contribution in [0.1, 0.15) is 18.4 Å². The Morgan fingerprint density at radius 3 is 2.67 bits per heavy atom. The Kier molecular flexibility index (Phi) is 4.86. The molecule has 0 atom stereocenters. The van der Waals surface area contributed by atoms with Gasteiger partial charge in [0.25, 0.3) is 0 Å². The summed E-state index contributed by atoms with van der Waals surface area (Å²) >= 11 is 3.04. The average molecular weight is 338 g/mol. The number of nitrogens with one attached hydrogen (secondary N) is 1. The largest absolute Gasteiger partial charge is 0.310 e. The van der Waals surface area contributed by atoms with Crippen LogP contribution in [0.2, 0.25) is 0 Å². The van der Waals surface area contributed by atoms with Gasteiger partial charge in [-0.2, -0.15) is 0 Å². The first-order valence-electron chi connectivity index (χ1n) is 5.78. The average Bonchev–Trinajstić information content (AvgIpc) is 2.36. The molecular formula is C12H14BrF2NOS. The van der Waals surface area contributed by atoms with Crippen LogP contribution in [-0.4, -0.2) is 21.8 Å². The maximum absolute atomic E-state index is 13.7. The molecule has 1 fully saturated rings. The van der Waals surface area contributed by atoms with Crippen LogP contribution in [0, 0.1) is 11.6 Å². The molecule has 0 unspecified atom stereocenters. The summed E-state index contributed by atoms with van der Waals surface area (Å²) < 4.78 is 38.7. The minimum atomic E-state index is -0.717. The molecule has 0 spiro atoms. The predicted molar refractivity (Wildman–Crippen MR) is 71.8 cm³/mol. The summed E-state index contributed by atoms with van der Waals surface area (Å²) in [5.41, 5.74) is 0.0519. The zero-order valence-electron chi connectivity index (χ0n) is 9.72. The second-order valence-electron chi connectivity index (χ2n) is 4.32. The first-order valence-corrected chi connectivity index (χ1v) is 8.06. The highest BCUT2D eigenvalue weighted by molar-refractivity contribution is 9.10. The molecule has 0 aromatic heterocycles.